The Morgan fingerprint density at radius 2 is 1.35 bits per heavy atom. The van der Waals surface area contributed by atoms with E-state index in [0.717, 1.165) is 13.8 Å². The molecule has 2 aliphatic heterocycles. The van der Waals surface area contributed by atoms with E-state index in [4.69, 9.17) is 24.1 Å². The van der Waals surface area contributed by atoms with Crippen molar-refractivity contribution in [2.75, 3.05) is 13.2 Å². The molecule has 0 aromatic heterocycles. The van der Waals surface area contributed by atoms with E-state index in [1.807, 2.05) is 0 Å². The van der Waals surface area contributed by atoms with Crippen LogP contribution >= 0.6 is 0 Å². The van der Waals surface area contributed by atoms with Crippen molar-refractivity contribution in [2.45, 2.75) is 120 Å². The lowest BCUT2D eigenvalue weighted by Crippen LogP contribution is -2.70. The van der Waals surface area contributed by atoms with Gasteiger partial charge < -0.3 is 76.0 Å². The lowest BCUT2D eigenvalue weighted by Gasteiger charge is -2.48. The number of carboxylic acids is 2. The molecule has 0 bridgehead atoms. The minimum absolute atomic E-state index is 0.427. The molecule has 2 aliphatic rings. The molecule has 2 saturated heterocycles. The number of rotatable bonds is 16. The second-order valence-corrected chi connectivity index (χ2v) is 11.3. The molecule has 0 aliphatic carbocycles. The summed E-state index contributed by atoms with van der Waals surface area (Å²) >= 11 is 0. The standard InChI is InChI=1S/C27H44N4O17/c1-9(23(40)31-13(25(42)43)5-6-16(36)37)28-24(41)10(2)45-22-18(30-12(4)35)26(44)46-15(8-33)21(22)48-27-17(29-11(3)34)20(39)19(38)14(7-32)47-27/h9-10,13-15,17-22,26-27,32-33,38-39,44H,5-8H2,1-4H3,(H,28,41)(H,29,34)(H,30,35)(H,31,40)(H,36,37)(H,42,43). The highest BCUT2D eigenvalue weighted by Gasteiger charge is 2.52. The van der Waals surface area contributed by atoms with E-state index in [1.54, 1.807) is 0 Å². The topological polar surface area (TPSA) is 329 Å². The summed E-state index contributed by atoms with van der Waals surface area (Å²) in [6, 6.07) is -5.87. The van der Waals surface area contributed by atoms with Gasteiger partial charge in [0.05, 0.1) is 13.2 Å². The Kier molecular flexibility index (Phi) is 15.5. The van der Waals surface area contributed by atoms with Gasteiger partial charge in [0.2, 0.25) is 23.6 Å². The van der Waals surface area contributed by atoms with Crippen LogP contribution in [0.1, 0.15) is 40.5 Å². The van der Waals surface area contributed by atoms with Crippen LogP contribution in [0.15, 0.2) is 0 Å². The molecule has 2 fully saturated rings. The van der Waals surface area contributed by atoms with E-state index in [0.29, 0.717) is 0 Å². The number of aliphatic carboxylic acids is 2. The van der Waals surface area contributed by atoms with Crippen LogP contribution < -0.4 is 21.3 Å². The van der Waals surface area contributed by atoms with Crippen molar-refractivity contribution in [1.29, 1.82) is 0 Å². The number of hydrogen-bond acceptors (Lipinski definition) is 15. The molecule has 274 valence electrons. The number of amides is 4. The molecule has 11 N–H and O–H groups in total. The number of ether oxygens (including phenoxy) is 4. The van der Waals surface area contributed by atoms with Crippen molar-refractivity contribution in [2.24, 2.45) is 0 Å². The Morgan fingerprint density at radius 1 is 0.771 bits per heavy atom. The molecule has 2 heterocycles. The van der Waals surface area contributed by atoms with Gasteiger partial charge in [-0.05, 0) is 20.3 Å². The molecule has 21 heteroatoms. The molecular formula is C27H44N4O17. The van der Waals surface area contributed by atoms with Crippen molar-refractivity contribution in [1.82, 2.24) is 21.3 Å². The minimum atomic E-state index is -1.84. The van der Waals surface area contributed by atoms with E-state index in [-0.39, 0.29) is 0 Å². The predicted molar refractivity (Wildman–Crippen MR) is 154 cm³/mol. The molecule has 21 nitrogen and oxygen atoms in total. The van der Waals surface area contributed by atoms with Crippen LogP contribution in [0, 0.1) is 0 Å². The first-order valence-electron chi connectivity index (χ1n) is 14.9. The maximum Gasteiger partial charge on any atom is 0.326 e. The Balaban J connectivity index is 2.34. The van der Waals surface area contributed by atoms with E-state index in [9.17, 15) is 59.4 Å². The van der Waals surface area contributed by atoms with Crippen LogP contribution in [0.4, 0.5) is 0 Å². The molecule has 4 amide bonds. The first-order valence-corrected chi connectivity index (χ1v) is 14.9. The first kappa shape index (κ1) is 40.6. The van der Waals surface area contributed by atoms with E-state index < -0.39 is 141 Å². The van der Waals surface area contributed by atoms with Crippen LogP contribution in [-0.2, 0) is 47.7 Å². The molecule has 13 unspecified atom stereocenters. The van der Waals surface area contributed by atoms with Crippen molar-refractivity contribution in [3.63, 3.8) is 0 Å². The third-order valence-corrected chi connectivity index (χ3v) is 7.50. The van der Waals surface area contributed by atoms with E-state index in [1.165, 1.54) is 13.8 Å². The molecule has 0 aromatic carbocycles. The highest BCUT2D eigenvalue weighted by molar-refractivity contribution is 5.91. The van der Waals surface area contributed by atoms with Gasteiger partial charge in [-0.2, -0.15) is 0 Å². The molecular weight excluding hydrogens is 652 g/mol. The number of carboxylic acid groups (broad SMARTS) is 2. The number of hydrogen-bond donors (Lipinski definition) is 11. The summed E-state index contributed by atoms with van der Waals surface area (Å²) in [5, 5.41) is 78.8. The lowest BCUT2D eigenvalue weighted by atomic mass is 9.94. The van der Waals surface area contributed by atoms with Gasteiger partial charge in [-0.1, -0.05) is 0 Å². The molecule has 13 atom stereocenters. The number of nitrogens with one attached hydrogen (secondary N) is 4. The number of aliphatic hydroxyl groups is 5. The fourth-order valence-corrected chi connectivity index (χ4v) is 5.04. The minimum Gasteiger partial charge on any atom is -0.481 e. The largest absolute Gasteiger partial charge is 0.481 e. The Labute approximate surface area is 273 Å². The Bertz CT molecular complexity index is 1160. The maximum atomic E-state index is 13.1. The molecule has 48 heavy (non-hydrogen) atoms. The summed E-state index contributed by atoms with van der Waals surface area (Å²) in [5.74, 6) is -6.08. The number of carbonyl (C=O) groups is 6. The maximum absolute atomic E-state index is 13.1. The average molecular weight is 697 g/mol. The predicted octanol–water partition coefficient (Wildman–Crippen LogP) is -5.76. The third-order valence-electron chi connectivity index (χ3n) is 7.50. The van der Waals surface area contributed by atoms with Gasteiger partial charge in [-0.25, -0.2) is 4.79 Å². The second kappa shape index (κ2) is 18.3. The zero-order valence-corrected chi connectivity index (χ0v) is 26.5. The van der Waals surface area contributed by atoms with Gasteiger partial charge >= 0.3 is 11.9 Å². The second-order valence-electron chi connectivity index (χ2n) is 11.3. The number of aliphatic hydroxyl groups excluding tert-OH is 5. The van der Waals surface area contributed by atoms with E-state index in [2.05, 4.69) is 21.3 Å². The average Bonchev–Trinajstić information content (AvgIpc) is 3.00. The van der Waals surface area contributed by atoms with E-state index >= 15 is 0 Å². The monoisotopic (exact) mass is 696 g/mol. The summed E-state index contributed by atoms with van der Waals surface area (Å²) in [7, 11) is 0. The fourth-order valence-electron chi connectivity index (χ4n) is 5.04. The quantitative estimate of drug-likeness (QED) is 0.0716. The van der Waals surface area contributed by atoms with Gasteiger partial charge in [0.1, 0.15) is 66.9 Å². The smallest absolute Gasteiger partial charge is 0.326 e. The summed E-state index contributed by atoms with van der Waals surface area (Å²) < 4.78 is 22.9. The van der Waals surface area contributed by atoms with Crippen molar-refractivity contribution >= 4 is 35.6 Å². The SMILES string of the molecule is CC(=O)NC1C(OC2C(CO)OC(O)C(NC(C)=O)C2OC(C)C(=O)NC(C)C(=O)NC(CCC(=O)O)C(=O)O)OC(CO)C(O)C1O. The third kappa shape index (κ3) is 11.0. The van der Waals surface area contributed by atoms with Crippen LogP contribution in [0.3, 0.4) is 0 Å². The van der Waals surface area contributed by atoms with Crippen LogP contribution in [-0.4, -0.2) is 164 Å². The normalized spacial score (nSPS) is 32.2. The highest BCUT2D eigenvalue weighted by Crippen LogP contribution is 2.31. The summed E-state index contributed by atoms with van der Waals surface area (Å²) in [4.78, 5) is 72.0. The molecule has 0 radical (unpaired) electrons. The highest BCUT2D eigenvalue weighted by atomic mass is 16.7. The Morgan fingerprint density at radius 3 is 1.88 bits per heavy atom. The van der Waals surface area contributed by atoms with Gasteiger partial charge in [-0.3, -0.25) is 24.0 Å². The van der Waals surface area contributed by atoms with Crippen molar-refractivity contribution in [3.8, 4) is 0 Å². The summed E-state index contributed by atoms with van der Waals surface area (Å²) in [5.41, 5.74) is 0. The molecule has 0 spiro atoms. The Hall–Kier alpha value is -3.54. The van der Waals surface area contributed by atoms with Crippen LogP contribution in [0.5, 0.6) is 0 Å². The lowest BCUT2D eigenvalue weighted by molar-refractivity contribution is -0.333. The van der Waals surface area contributed by atoms with Crippen LogP contribution in [0.2, 0.25) is 0 Å². The van der Waals surface area contributed by atoms with Crippen molar-refractivity contribution in [3.05, 3.63) is 0 Å². The first-order chi connectivity index (χ1) is 22.4. The molecule has 2 rings (SSSR count). The zero-order valence-electron chi connectivity index (χ0n) is 26.5. The van der Waals surface area contributed by atoms with Gasteiger partial charge in [0.15, 0.2) is 12.6 Å². The van der Waals surface area contributed by atoms with Crippen LogP contribution in [0.25, 0.3) is 0 Å². The zero-order chi connectivity index (χ0) is 36.5. The van der Waals surface area contributed by atoms with Gasteiger partial charge in [0, 0.05) is 20.3 Å². The summed E-state index contributed by atoms with van der Waals surface area (Å²) in [6.45, 7) is 2.98. The van der Waals surface area contributed by atoms with Gasteiger partial charge in [-0.15, -0.1) is 0 Å². The molecule has 0 aromatic rings. The molecule has 0 saturated carbocycles. The van der Waals surface area contributed by atoms with Gasteiger partial charge in [0.25, 0.3) is 0 Å². The number of carbonyl (C=O) groups excluding carboxylic acids is 4. The fraction of sp³-hybridized carbons (Fsp3) is 0.778. The summed E-state index contributed by atoms with van der Waals surface area (Å²) in [6.07, 6.45) is -15.4. The van der Waals surface area contributed by atoms with Crippen molar-refractivity contribution < 1.29 is 83.5 Å².